The molecule has 2 atom stereocenters. The minimum absolute atomic E-state index is 0.102. The summed E-state index contributed by atoms with van der Waals surface area (Å²) in [5.74, 6) is -0.447. The Morgan fingerprint density at radius 3 is 2.53 bits per heavy atom. The third-order valence-corrected chi connectivity index (χ3v) is 2.59. The maximum atomic E-state index is 11.8. The maximum absolute atomic E-state index is 11.8. The highest BCUT2D eigenvalue weighted by molar-refractivity contribution is 5.81. The van der Waals surface area contributed by atoms with E-state index in [0.29, 0.717) is 12.8 Å². The second kappa shape index (κ2) is 5.86. The van der Waals surface area contributed by atoms with Crippen LogP contribution in [0.15, 0.2) is 0 Å². The van der Waals surface area contributed by atoms with Crippen LogP contribution in [0.3, 0.4) is 0 Å². The SMILES string of the molecule is COC(=O)N1C[C@H](O)CC[C@H]1C(=O)OC(C)C. The number of amides is 1. The predicted octanol–water partition coefficient (Wildman–Crippen LogP) is 0.530. The second-order valence-corrected chi connectivity index (χ2v) is 4.36. The topological polar surface area (TPSA) is 76.1 Å². The lowest BCUT2D eigenvalue weighted by molar-refractivity contribution is -0.155. The number of β-amino-alcohol motifs (C(OH)–C–C–N with tert-alkyl or cyclic N) is 1. The number of carbonyl (C=O) groups is 2. The van der Waals surface area contributed by atoms with Crippen molar-refractivity contribution in [3.8, 4) is 0 Å². The van der Waals surface area contributed by atoms with E-state index >= 15 is 0 Å². The number of ether oxygens (including phenoxy) is 2. The van der Waals surface area contributed by atoms with Gasteiger partial charge in [-0.25, -0.2) is 9.59 Å². The molecule has 1 fully saturated rings. The predicted molar refractivity (Wildman–Crippen MR) is 59.4 cm³/mol. The molecule has 6 nitrogen and oxygen atoms in total. The molecule has 0 aliphatic carbocycles. The molecule has 0 aromatic heterocycles. The summed E-state index contributed by atoms with van der Waals surface area (Å²) in [5, 5.41) is 9.50. The zero-order valence-electron chi connectivity index (χ0n) is 10.4. The lowest BCUT2D eigenvalue weighted by Gasteiger charge is -2.35. The number of aliphatic hydroxyl groups excluding tert-OH is 1. The first-order valence-corrected chi connectivity index (χ1v) is 5.68. The molecule has 1 aliphatic heterocycles. The van der Waals surface area contributed by atoms with Crippen molar-refractivity contribution in [1.82, 2.24) is 4.90 Å². The number of hydrogen-bond donors (Lipinski definition) is 1. The van der Waals surface area contributed by atoms with E-state index in [4.69, 9.17) is 4.74 Å². The minimum atomic E-state index is -0.659. The first kappa shape index (κ1) is 13.8. The highest BCUT2D eigenvalue weighted by Crippen LogP contribution is 2.20. The fourth-order valence-corrected chi connectivity index (χ4v) is 1.83. The molecule has 0 spiro atoms. The number of methoxy groups -OCH3 is 1. The molecule has 1 rings (SSSR count). The molecule has 6 heteroatoms. The molecule has 1 heterocycles. The van der Waals surface area contributed by atoms with Crippen LogP contribution in [0, 0.1) is 0 Å². The highest BCUT2D eigenvalue weighted by atomic mass is 16.6. The molecule has 17 heavy (non-hydrogen) atoms. The van der Waals surface area contributed by atoms with Gasteiger partial charge < -0.3 is 14.6 Å². The molecular weight excluding hydrogens is 226 g/mol. The Labute approximate surface area is 100 Å². The van der Waals surface area contributed by atoms with Crippen molar-refractivity contribution in [2.45, 2.75) is 44.9 Å². The number of esters is 1. The number of likely N-dealkylation sites (tertiary alicyclic amines) is 1. The first-order chi connectivity index (χ1) is 7.95. The molecule has 0 radical (unpaired) electrons. The Morgan fingerprint density at radius 2 is 2.00 bits per heavy atom. The molecule has 0 aromatic carbocycles. The Hall–Kier alpha value is -1.30. The van der Waals surface area contributed by atoms with Crippen molar-refractivity contribution >= 4 is 12.1 Å². The number of carbonyl (C=O) groups excluding carboxylic acids is 2. The van der Waals surface area contributed by atoms with E-state index < -0.39 is 24.2 Å². The van der Waals surface area contributed by atoms with E-state index in [2.05, 4.69) is 4.74 Å². The molecule has 1 N–H and O–H groups in total. The van der Waals surface area contributed by atoms with E-state index in [0.717, 1.165) is 0 Å². The summed E-state index contributed by atoms with van der Waals surface area (Å²) in [7, 11) is 1.24. The summed E-state index contributed by atoms with van der Waals surface area (Å²) in [4.78, 5) is 24.5. The zero-order chi connectivity index (χ0) is 13.0. The Bertz CT molecular complexity index is 292. The average Bonchev–Trinajstić information content (AvgIpc) is 2.26. The van der Waals surface area contributed by atoms with Gasteiger partial charge in [-0.2, -0.15) is 0 Å². The largest absolute Gasteiger partial charge is 0.461 e. The average molecular weight is 245 g/mol. The highest BCUT2D eigenvalue weighted by Gasteiger charge is 2.37. The standard InChI is InChI=1S/C11H19NO5/c1-7(2)17-10(14)9-5-4-8(13)6-12(9)11(15)16-3/h7-9,13H,4-6H2,1-3H3/t8-,9+/m1/s1. The van der Waals surface area contributed by atoms with Gasteiger partial charge in [0, 0.05) is 0 Å². The first-order valence-electron chi connectivity index (χ1n) is 5.68. The van der Waals surface area contributed by atoms with Gasteiger partial charge in [-0.1, -0.05) is 0 Å². The Kier molecular flexibility index (Phi) is 4.74. The third kappa shape index (κ3) is 3.59. The molecular formula is C11H19NO5. The van der Waals surface area contributed by atoms with Gasteiger partial charge in [-0.05, 0) is 26.7 Å². The van der Waals surface area contributed by atoms with Gasteiger partial charge in [-0.15, -0.1) is 0 Å². The van der Waals surface area contributed by atoms with Crippen molar-refractivity contribution in [2.75, 3.05) is 13.7 Å². The number of nitrogens with zero attached hydrogens (tertiary/aromatic N) is 1. The van der Waals surface area contributed by atoms with Crippen LogP contribution in [0.4, 0.5) is 4.79 Å². The fraction of sp³-hybridized carbons (Fsp3) is 0.818. The molecule has 98 valence electrons. The van der Waals surface area contributed by atoms with Gasteiger partial charge in [0.1, 0.15) is 6.04 Å². The summed E-state index contributed by atoms with van der Waals surface area (Å²) < 4.78 is 9.67. The Morgan fingerprint density at radius 1 is 1.35 bits per heavy atom. The molecule has 1 amide bonds. The summed E-state index contributed by atoms with van der Waals surface area (Å²) in [5.41, 5.74) is 0. The lowest BCUT2D eigenvalue weighted by Crippen LogP contribution is -2.52. The van der Waals surface area contributed by atoms with Crippen LogP contribution in [-0.4, -0.2) is 54.0 Å². The van der Waals surface area contributed by atoms with Crippen molar-refractivity contribution < 1.29 is 24.2 Å². The van der Waals surface area contributed by atoms with Crippen LogP contribution in [0.2, 0.25) is 0 Å². The summed E-state index contributed by atoms with van der Waals surface area (Å²) in [6, 6.07) is -0.659. The minimum Gasteiger partial charge on any atom is -0.461 e. The molecule has 0 unspecified atom stereocenters. The number of aliphatic hydroxyl groups is 1. The molecule has 0 bridgehead atoms. The van der Waals surface area contributed by atoms with Crippen LogP contribution in [0.5, 0.6) is 0 Å². The zero-order valence-corrected chi connectivity index (χ0v) is 10.4. The number of rotatable bonds is 2. The van der Waals surface area contributed by atoms with Crippen LogP contribution < -0.4 is 0 Å². The lowest BCUT2D eigenvalue weighted by atomic mass is 10.0. The summed E-state index contributed by atoms with van der Waals surface area (Å²) in [6.45, 7) is 3.60. The number of piperidine rings is 1. The van der Waals surface area contributed by atoms with Crippen molar-refractivity contribution in [3.05, 3.63) is 0 Å². The fourth-order valence-electron chi connectivity index (χ4n) is 1.83. The van der Waals surface area contributed by atoms with Crippen molar-refractivity contribution in [3.63, 3.8) is 0 Å². The van der Waals surface area contributed by atoms with Crippen molar-refractivity contribution in [1.29, 1.82) is 0 Å². The van der Waals surface area contributed by atoms with E-state index in [1.54, 1.807) is 13.8 Å². The molecule has 1 saturated heterocycles. The third-order valence-electron chi connectivity index (χ3n) is 2.59. The Balaban J connectivity index is 2.73. The monoisotopic (exact) mass is 245 g/mol. The number of hydrogen-bond acceptors (Lipinski definition) is 5. The van der Waals surface area contributed by atoms with Crippen LogP contribution in [0.1, 0.15) is 26.7 Å². The quantitative estimate of drug-likeness (QED) is 0.718. The van der Waals surface area contributed by atoms with E-state index in [-0.39, 0.29) is 12.6 Å². The normalized spacial score (nSPS) is 24.6. The van der Waals surface area contributed by atoms with Gasteiger partial charge in [0.25, 0.3) is 0 Å². The van der Waals surface area contributed by atoms with E-state index in [9.17, 15) is 14.7 Å². The molecule has 0 saturated carbocycles. The van der Waals surface area contributed by atoms with Crippen LogP contribution >= 0.6 is 0 Å². The summed E-state index contributed by atoms with van der Waals surface area (Å²) >= 11 is 0. The van der Waals surface area contributed by atoms with Crippen molar-refractivity contribution in [2.24, 2.45) is 0 Å². The second-order valence-electron chi connectivity index (χ2n) is 4.36. The van der Waals surface area contributed by atoms with E-state index in [1.165, 1.54) is 12.0 Å². The van der Waals surface area contributed by atoms with Gasteiger partial charge in [0.2, 0.25) is 0 Å². The van der Waals surface area contributed by atoms with Crippen LogP contribution in [0.25, 0.3) is 0 Å². The van der Waals surface area contributed by atoms with Gasteiger partial charge in [0.05, 0.1) is 25.9 Å². The van der Waals surface area contributed by atoms with Gasteiger partial charge >= 0.3 is 12.1 Å². The smallest absolute Gasteiger partial charge is 0.410 e. The molecule has 1 aliphatic rings. The maximum Gasteiger partial charge on any atom is 0.410 e. The van der Waals surface area contributed by atoms with Gasteiger partial charge in [0.15, 0.2) is 0 Å². The molecule has 0 aromatic rings. The van der Waals surface area contributed by atoms with E-state index in [1.807, 2.05) is 0 Å². The van der Waals surface area contributed by atoms with Gasteiger partial charge in [-0.3, -0.25) is 4.90 Å². The summed E-state index contributed by atoms with van der Waals surface area (Å²) in [6.07, 6.45) is -0.590. The van der Waals surface area contributed by atoms with Crippen LogP contribution in [-0.2, 0) is 14.3 Å².